The first-order valence-electron chi connectivity index (χ1n) is 18.5. The van der Waals surface area contributed by atoms with Crippen LogP contribution in [0.4, 0.5) is 0 Å². The van der Waals surface area contributed by atoms with E-state index in [1.165, 1.54) is 69.5 Å². The van der Waals surface area contributed by atoms with Crippen LogP contribution in [0, 0.1) is 16.7 Å². The molecule has 0 fully saturated rings. The van der Waals surface area contributed by atoms with Crippen molar-refractivity contribution in [3.8, 4) is 6.07 Å². The van der Waals surface area contributed by atoms with E-state index in [0.29, 0.717) is 19.4 Å². The molecule has 0 saturated heterocycles. The summed E-state index contributed by atoms with van der Waals surface area (Å²) in [6.07, 6.45) is 20.4. The predicted octanol–water partition coefficient (Wildman–Crippen LogP) is 10.4. The highest BCUT2D eigenvalue weighted by atomic mass is 32.2. The van der Waals surface area contributed by atoms with Crippen molar-refractivity contribution in [1.82, 2.24) is 9.80 Å². The van der Waals surface area contributed by atoms with Crippen LogP contribution in [0.25, 0.3) is 0 Å². The Morgan fingerprint density at radius 3 is 2.18 bits per heavy atom. The van der Waals surface area contributed by atoms with E-state index in [9.17, 15) is 20.0 Å². The van der Waals surface area contributed by atoms with Crippen molar-refractivity contribution in [1.29, 1.82) is 5.26 Å². The Bertz CT molecular complexity index is 1160. The smallest absolute Gasteiger partial charge is 0.319 e. The summed E-state index contributed by atoms with van der Waals surface area (Å²) >= 11 is 8.87. The lowest BCUT2D eigenvalue weighted by molar-refractivity contribution is -0.143. The molecule has 0 saturated carbocycles. The molecule has 0 amide bonds. The number of nitrogens with zero attached hydrogens (tertiary/aromatic N) is 3. The Hall–Kier alpha value is -2.22. The number of thiocarbonyl (C=S) groups is 1. The van der Waals surface area contributed by atoms with Gasteiger partial charge in [0.15, 0.2) is 0 Å². The maximum absolute atomic E-state index is 13.7. The molecule has 0 aromatic heterocycles. The molecule has 1 aliphatic rings. The van der Waals surface area contributed by atoms with Gasteiger partial charge in [0.2, 0.25) is 0 Å². The molecule has 10 heteroatoms. The normalized spacial score (nSPS) is 15.1. The van der Waals surface area contributed by atoms with Crippen molar-refractivity contribution in [2.45, 2.75) is 135 Å². The van der Waals surface area contributed by atoms with Crippen LogP contribution in [0.3, 0.4) is 0 Å². The standard InChI is InChI=1S/C39H61N3O4S3/c1-4-6-8-9-10-11-12-13-14-18-28-48-38(47)49-35(37(45)46-27-26-42-25-24-41(32-42)23-7-5-2)29-34(33-19-16-15-17-20-33)30-39(3,31-40)22-21-36(43)44/h15-17,19-20,24-25,34-35H,4-14,18,21-23,26-30,32H2,1-3H3,(H,43,44). The number of hydrogen-bond donors (Lipinski definition) is 1. The van der Waals surface area contributed by atoms with Gasteiger partial charge in [0.05, 0.1) is 24.7 Å². The second kappa shape index (κ2) is 25.7. The van der Waals surface area contributed by atoms with Gasteiger partial charge in [-0.25, -0.2) is 0 Å². The number of esters is 1. The molecule has 2 rings (SSSR count). The van der Waals surface area contributed by atoms with E-state index < -0.39 is 16.6 Å². The monoisotopic (exact) mass is 731 g/mol. The van der Waals surface area contributed by atoms with E-state index in [1.54, 1.807) is 11.8 Å². The molecule has 1 heterocycles. The van der Waals surface area contributed by atoms with E-state index in [-0.39, 0.29) is 31.3 Å². The number of carbonyl (C=O) groups is 2. The highest BCUT2D eigenvalue weighted by Crippen LogP contribution is 2.40. The molecule has 0 aliphatic carbocycles. The topological polar surface area (TPSA) is 93.9 Å². The largest absolute Gasteiger partial charge is 0.481 e. The molecule has 0 radical (unpaired) electrons. The number of unbranched alkanes of at least 4 members (excludes halogenated alkanes) is 10. The van der Waals surface area contributed by atoms with Crippen LogP contribution in [0.2, 0.25) is 0 Å². The van der Waals surface area contributed by atoms with Crippen molar-refractivity contribution in [2.75, 3.05) is 32.1 Å². The molecule has 3 atom stereocenters. The van der Waals surface area contributed by atoms with Gasteiger partial charge < -0.3 is 19.6 Å². The zero-order chi connectivity index (χ0) is 35.7. The van der Waals surface area contributed by atoms with E-state index in [1.807, 2.05) is 37.3 Å². The Morgan fingerprint density at radius 2 is 1.57 bits per heavy atom. The number of benzene rings is 1. The molecule has 7 nitrogen and oxygen atoms in total. The minimum absolute atomic E-state index is 0.0771. The van der Waals surface area contributed by atoms with E-state index >= 15 is 0 Å². The van der Waals surface area contributed by atoms with Crippen LogP contribution in [-0.4, -0.2) is 67.7 Å². The second-order valence-electron chi connectivity index (χ2n) is 13.6. The van der Waals surface area contributed by atoms with Gasteiger partial charge in [-0.15, -0.1) is 11.8 Å². The van der Waals surface area contributed by atoms with Crippen LogP contribution >= 0.6 is 35.7 Å². The first kappa shape index (κ1) is 42.9. The number of ether oxygens (including phenoxy) is 1. The fraction of sp³-hybridized carbons (Fsp3) is 0.692. The summed E-state index contributed by atoms with van der Waals surface area (Å²) < 4.78 is 6.64. The van der Waals surface area contributed by atoms with E-state index in [4.69, 9.17) is 17.0 Å². The van der Waals surface area contributed by atoms with Crippen LogP contribution in [-0.2, 0) is 14.3 Å². The zero-order valence-electron chi connectivity index (χ0n) is 30.3. The molecule has 274 valence electrons. The number of carbonyl (C=O) groups excluding carboxylic acids is 1. The summed E-state index contributed by atoms with van der Waals surface area (Å²) in [5, 5.41) is 18.9. The molecule has 0 spiro atoms. The Labute approximate surface area is 311 Å². The van der Waals surface area contributed by atoms with Crippen molar-refractivity contribution < 1.29 is 19.4 Å². The van der Waals surface area contributed by atoms with Gasteiger partial charge in [-0.3, -0.25) is 9.59 Å². The van der Waals surface area contributed by atoms with E-state index in [0.717, 1.165) is 47.3 Å². The Morgan fingerprint density at radius 1 is 0.959 bits per heavy atom. The molecular formula is C39H61N3O4S3. The maximum Gasteiger partial charge on any atom is 0.319 e. The molecule has 49 heavy (non-hydrogen) atoms. The fourth-order valence-corrected chi connectivity index (χ4v) is 8.77. The second-order valence-corrected chi connectivity index (χ2v) is 17.1. The molecule has 1 N–H and O–H groups in total. The zero-order valence-corrected chi connectivity index (χ0v) is 32.7. The number of rotatable bonds is 27. The lowest BCUT2D eigenvalue weighted by Crippen LogP contribution is -2.31. The minimum atomic E-state index is -0.916. The van der Waals surface area contributed by atoms with Gasteiger partial charge in [-0.2, -0.15) is 5.26 Å². The van der Waals surface area contributed by atoms with Crippen LogP contribution in [0.15, 0.2) is 42.7 Å². The van der Waals surface area contributed by atoms with Crippen molar-refractivity contribution >= 4 is 51.2 Å². The SMILES string of the molecule is CCCCCCCCCCCCSC(=S)SC(CC(CC(C)(C#N)CCC(=O)O)c1ccccc1)C(=O)OCCN1C=CN(CCCC)C1. The summed E-state index contributed by atoms with van der Waals surface area (Å²) in [5.41, 5.74) is 0.171. The molecule has 1 aromatic rings. The van der Waals surface area contributed by atoms with Gasteiger partial charge in [-0.1, -0.05) is 132 Å². The summed E-state index contributed by atoms with van der Waals surface area (Å²) in [5.74, 6) is -0.416. The third-order valence-electron chi connectivity index (χ3n) is 9.12. The number of hydrogen-bond acceptors (Lipinski definition) is 9. The number of carboxylic acids is 1. The Balaban J connectivity index is 2.02. The van der Waals surface area contributed by atoms with Gasteiger partial charge in [-0.05, 0) is 56.3 Å². The summed E-state index contributed by atoms with van der Waals surface area (Å²) in [6.45, 7) is 8.98. The summed E-state index contributed by atoms with van der Waals surface area (Å²) in [4.78, 5) is 29.5. The molecule has 1 aromatic carbocycles. The highest BCUT2D eigenvalue weighted by Gasteiger charge is 2.34. The summed E-state index contributed by atoms with van der Waals surface area (Å²) in [6, 6.07) is 12.3. The van der Waals surface area contributed by atoms with Crippen molar-refractivity contribution in [3.05, 3.63) is 48.3 Å². The molecule has 0 bridgehead atoms. The number of carboxylic acid groups (broad SMARTS) is 1. The highest BCUT2D eigenvalue weighted by molar-refractivity contribution is 8.47. The first-order valence-corrected chi connectivity index (χ1v) is 20.8. The van der Waals surface area contributed by atoms with Gasteiger partial charge in [0.25, 0.3) is 0 Å². The number of aliphatic carboxylic acids is 1. The van der Waals surface area contributed by atoms with Gasteiger partial charge in [0.1, 0.15) is 15.4 Å². The van der Waals surface area contributed by atoms with Crippen LogP contribution in [0.5, 0.6) is 0 Å². The quantitative estimate of drug-likeness (QED) is 0.0535. The van der Waals surface area contributed by atoms with Crippen LogP contribution < -0.4 is 0 Å². The first-order chi connectivity index (χ1) is 23.7. The molecular weight excluding hydrogens is 671 g/mol. The molecule has 3 unspecified atom stereocenters. The average Bonchev–Trinajstić information content (AvgIpc) is 3.56. The van der Waals surface area contributed by atoms with Crippen molar-refractivity contribution in [3.63, 3.8) is 0 Å². The maximum atomic E-state index is 13.7. The number of nitriles is 1. The van der Waals surface area contributed by atoms with Gasteiger partial charge in [0, 0.05) is 25.4 Å². The Kier molecular flexibility index (Phi) is 22.5. The average molecular weight is 732 g/mol. The van der Waals surface area contributed by atoms with E-state index in [2.05, 4.69) is 42.1 Å². The number of thioether (sulfide) groups is 2. The van der Waals surface area contributed by atoms with Gasteiger partial charge >= 0.3 is 11.9 Å². The lowest BCUT2D eigenvalue weighted by Gasteiger charge is -2.29. The summed E-state index contributed by atoms with van der Waals surface area (Å²) in [7, 11) is 0. The third-order valence-corrected chi connectivity index (χ3v) is 12.0. The lowest BCUT2D eigenvalue weighted by atomic mass is 9.75. The van der Waals surface area contributed by atoms with Crippen molar-refractivity contribution in [2.24, 2.45) is 5.41 Å². The third kappa shape index (κ3) is 19.1. The fourth-order valence-electron chi connectivity index (χ4n) is 6.06. The van der Waals surface area contributed by atoms with Crippen LogP contribution in [0.1, 0.15) is 135 Å². The minimum Gasteiger partial charge on any atom is -0.481 e. The molecule has 1 aliphatic heterocycles. The predicted molar refractivity (Wildman–Crippen MR) is 211 cm³/mol.